The molecule has 0 fully saturated rings. The van der Waals surface area contributed by atoms with Crippen LogP contribution in [0, 0.1) is 0 Å². The van der Waals surface area contributed by atoms with E-state index in [1.807, 2.05) is 0 Å². The van der Waals surface area contributed by atoms with E-state index in [2.05, 4.69) is 160 Å². The molecule has 0 radical (unpaired) electrons. The quantitative estimate of drug-likeness (QED) is 0.208. The first-order chi connectivity index (χ1) is 19.4. The number of nitrogens with two attached hydrogens (primary N) is 1. The summed E-state index contributed by atoms with van der Waals surface area (Å²) >= 11 is 0. The zero-order chi connectivity index (χ0) is 28.1. The third-order valence-electron chi connectivity index (χ3n) is 8.19. The number of anilines is 3. The molecule has 0 aliphatic heterocycles. The van der Waals surface area contributed by atoms with Crippen LogP contribution in [0.15, 0.2) is 127 Å². The summed E-state index contributed by atoms with van der Waals surface area (Å²) in [5, 5.41) is 0. The second-order valence-electron chi connectivity index (χ2n) is 11.0. The Morgan fingerprint density at radius 3 is 1.55 bits per heavy atom. The van der Waals surface area contributed by atoms with Gasteiger partial charge in [-0.1, -0.05) is 113 Å². The van der Waals surface area contributed by atoms with Crippen molar-refractivity contribution in [3.05, 3.63) is 139 Å². The van der Waals surface area contributed by atoms with Crippen LogP contribution in [-0.2, 0) is 5.54 Å². The molecule has 5 aromatic carbocycles. The van der Waals surface area contributed by atoms with E-state index in [1.165, 1.54) is 33.4 Å². The standard InChI is InChI=1S/C38H40N2/c1-5-38(39,6-2)37-27-32(30-19-17-29(18-20-30)28(3)4)23-26-36(37)31-21-24-35(25-22-31)40(33-13-9-7-10-14-33)34-15-11-8-12-16-34/h7-28H,5-6,39H2,1-4H3. The molecule has 0 amide bonds. The highest BCUT2D eigenvalue weighted by Crippen LogP contribution is 2.40. The molecule has 2 N–H and O–H groups in total. The summed E-state index contributed by atoms with van der Waals surface area (Å²) in [7, 11) is 0. The molecule has 0 spiro atoms. The topological polar surface area (TPSA) is 29.3 Å². The molecule has 0 atom stereocenters. The van der Waals surface area contributed by atoms with Crippen LogP contribution in [0.1, 0.15) is 57.6 Å². The average molecular weight is 525 g/mol. The van der Waals surface area contributed by atoms with Crippen molar-refractivity contribution in [2.75, 3.05) is 4.90 Å². The third-order valence-corrected chi connectivity index (χ3v) is 8.19. The Hall–Kier alpha value is -4.14. The van der Waals surface area contributed by atoms with Crippen LogP contribution in [0.3, 0.4) is 0 Å². The summed E-state index contributed by atoms with van der Waals surface area (Å²) < 4.78 is 0. The number of para-hydroxylation sites is 2. The van der Waals surface area contributed by atoms with Crippen molar-refractivity contribution in [2.45, 2.75) is 52.0 Å². The van der Waals surface area contributed by atoms with Gasteiger partial charge in [0.05, 0.1) is 0 Å². The maximum Gasteiger partial charge on any atom is 0.0462 e. The molecule has 0 unspecified atom stereocenters. The van der Waals surface area contributed by atoms with Crippen molar-refractivity contribution in [1.29, 1.82) is 0 Å². The van der Waals surface area contributed by atoms with Crippen LogP contribution < -0.4 is 10.6 Å². The molecule has 2 heteroatoms. The second kappa shape index (κ2) is 11.9. The number of hydrogen-bond acceptors (Lipinski definition) is 2. The van der Waals surface area contributed by atoms with Crippen molar-refractivity contribution < 1.29 is 0 Å². The van der Waals surface area contributed by atoms with Crippen molar-refractivity contribution in [1.82, 2.24) is 0 Å². The normalized spacial score (nSPS) is 11.6. The molecular weight excluding hydrogens is 484 g/mol. The highest BCUT2D eigenvalue weighted by molar-refractivity contribution is 5.80. The average Bonchev–Trinajstić information content (AvgIpc) is 3.02. The van der Waals surface area contributed by atoms with Gasteiger partial charge in [-0.2, -0.15) is 0 Å². The number of hydrogen-bond donors (Lipinski definition) is 1. The van der Waals surface area contributed by atoms with Crippen molar-refractivity contribution >= 4 is 17.1 Å². The number of rotatable bonds is 9. The molecule has 5 rings (SSSR count). The van der Waals surface area contributed by atoms with E-state index >= 15 is 0 Å². The summed E-state index contributed by atoms with van der Waals surface area (Å²) in [6.07, 6.45) is 1.75. The minimum absolute atomic E-state index is 0.401. The smallest absolute Gasteiger partial charge is 0.0462 e. The van der Waals surface area contributed by atoms with Crippen LogP contribution in [0.4, 0.5) is 17.1 Å². The van der Waals surface area contributed by atoms with Crippen LogP contribution in [0.2, 0.25) is 0 Å². The third kappa shape index (κ3) is 5.59. The van der Waals surface area contributed by atoms with Crippen LogP contribution in [0.5, 0.6) is 0 Å². The molecule has 0 heterocycles. The van der Waals surface area contributed by atoms with Crippen LogP contribution in [0.25, 0.3) is 22.3 Å². The first-order valence-electron chi connectivity index (χ1n) is 14.5. The van der Waals surface area contributed by atoms with E-state index in [1.54, 1.807) is 0 Å². The maximum absolute atomic E-state index is 7.09. The van der Waals surface area contributed by atoms with Crippen LogP contribution in [-0.4, -0.2) is 0 Å². The lowest BCUT2D eigenvalue weighted by Crippen LogP contribution is -2.35. The Labute approximate surface area is 240 Å². The first-order valence-corrected chi connectivity index (χ1v) is 14.5. The fourth-order valence-electron chi connectivity index (χ4n) is 5.47. The lowest BCUT2D eigenvalue weighted by atomic mass is 9.79. The maximum atomic E-state index is 7.09. The molecule has 0 bridgehead atoms. The van der Waals surface area contributed by atoms with Gasteiger partial charge in [-0.15, -0.1) is 0 Å². The minimum Gasteiger partial charge on any atom is -0.321 e. The Bertz CT molecular complexity index is 1480. The summed E-state index contributed by atoms with van der Waals surface area (Å²) in [6.45, 7) is 8.85. The molecule has 0 saturated carbocycles. The summed E-state index contributed by atoms with van der Waals surface area (Å²) in [4.78, 5) is 2.29. The van der Waals surface area contributed by atoms with Gasteiger partial charge in [0.2, 0.25) is 0 Å². The predicted octanol–water partition coefficient (Wildman–Crippen LogP) is 10.6. The lowest BCUT2D eigenvalue weighted by molar-refractivity contribution is 0.414. The molecule has 5 aromatic rings. The predicted molar refractivity (Wildman–Crippen MR) is 173 cm³/mol. The zero-order valence-electron chi connectivity index (χ0n) is 24.1. The Morgan fingerprint density at radius 1 is 0.575 bits per heavy atom. The van der Waals surface area contributed by atoms with E-state index in [-0.39, 0.29) is 0 Å². The van der Waals surface area contributed by atoms with Crippen LogP contribution >= 0.6 is 0 Å². The number of benzene rings is 5. The fraction of sp³-hybridized carbons (Fsp3) is 0.211. The molecule has 2 nitrogen and oxygen atoms in total. The Kier molecular flexibility index (Phi) is 8.19. The molecule has 0 aliphatic rings. The van der Waals surface area contributed by atoms with Gasteiger partial charge in [0.1, 0.15) is 0 Å². The Morgan fingerprint density at radius 2 is 1.05 bits per heavy atom. The molecule has 0 aromatic heterocycles. The van der Waals surface area contributed by atoms with E-state index in [4.69, 9.17) is 5.73 Å². The van der Waals surface area contributed by atoms with Gasteiger partial charge in [0.15, 0.2) is 0 Å². The van der Waals surface area contributed by atoms with E-state index in [9.17, 15) is 0 Å². The number of nitrogens with zero attached hydrogens (tertiary/aromatic N) is 1. The summed E-state index contributed by atoms with van der Waals surface area (Å²) in [6, 6.07) is 45.7. The Balaban J connectivity index is 1.57. The van der Waals surface area contributed by atoms with E-state index in [0.29, 0.717) is 5.92 Å². The van der Waals surface area contributed by atoms with Gasteiger partial charge in [-0.25, -0.2) is 0 Å². The zero-order valence-corrected chi connectivity index (χ0v) is 24.1. The molecule has 0 aliphatic carbocycles. The first kappa shape index (κ1) is 27.4. The SMILES string of the molecule is CCC(N)(CC)c1cc(-c2ccc(C(C)C)cc2)ccc1-c1ccc(N(c2ccccc2)c2ccccc2)cc1. The lowest BCUT2D eigenvalue weighted by Gasteiger charge is -2.31. The van der Waals surface area contributed by atoms with Crippen molar-refractivity contribution in [3.8, 4) is 22.3 Å². The molecule has 202 valence electrons. The minimum atomic E-state index is -0.401. The highest BCUT2D eigenvalue weighted by atomic mass is 15.1. The van der Waals surface area contributed by atoms with Gasteiger partial charge in [0, 0.05) is 22.6 Å². The fourth-order valence-corrected chi connectivity index (χ4v) is 5.47. The van der Waals surface area contributed by atoms with Gasteiger partial charge < -0.3 is 10.6 Å². The highest BCUT2D eigenvalue weighted by Gasteiger charge is 2.27. The second-order valence-corrected chi connectivity index (χ2v) is 11.0. The summed E-state index contributed by atoms with van der Waals surface area (Å²) in [5.74, 6) is 0.520. The van der Waals surface area contributed by atoms with Gasteiger partial charge in [-0.3, -0.25) is 0 Å². The van der Waals surface area contributed by atoms with E-state index in [0.717, 1.165) is 29.9 Å². The molecule has 40 heavy (non-hydrogen) atoms. The monoisotopic (exact) mass is 524 g/mol. The van der Waals surface area contributed by atoms with E-state index < -0.39 is 5.54 Å². The molecular formula is C38H40N2. The van der Waals surface area contributed by atoms with Gasteiger partial charge >= 0.3 is 0 Å². The van der Waals surface area contributed by atoms with Crippen molar-refractivity contribution in [2.24, 2.45) is 5.73 Å². The summed E-state index contributed by atoms with van der Waals surface area (Å²) in [5.41, 5.74) is 17.5. The van der Waals surface area contributed by atoms with Crippen molar-refractivity contribution in [3.63, 3.8) is 0 Å². The van der Waals surface area contributed by atoms with Gasteiger partial charge in [0.25, 0.3) is 0 Å². The largest absolute Gasteiger partial charge is 0.321 e. The van der Waals surface area contributed by atoms with Gasteiger partial charge in [-0.05, 0) is 94.6 Å². The molecule has 0 saturated heterocycles.